The minimum absolute atomic E-state index is 0.0497. The van der Waals surface area contributed by atoms with Gasteiger partial charge in [-0.05, 0) is 17.7 Å². The van der Waals surface area contributed by atoms with Crippen LogP contribution in [-0.2, 0) is 0 Å². The minimum Gasteiger partial charge on any atom is -0.492 e. The second-order valence-corrected chi connectivity index (χ2v) is 4.92. The highest BCUT2D eigenvalue weighted by atomic mass is 35.5. The van der Waals surface area contributed by atoms with E-state index in [-0.39, 0.29) is 5.43 Å². The highest BCUT2D eigenvalue weighted by molar-refractivity contribution is 6.18. The molecule has 1 heterocycles. The van der Waals surface area contributed by atoms with Crippen molar-refractivity contribution < 1.29 is 9.15 Å². The lowest BCUT2D eigenvalue weighted by Gasteiger charge is -2.06. The number of halogens is 1. The van der Waals surface area contributed by atoms with Gasteiger partial charge in [0.05, 0.1) is 16.8 Å². The van der Waals surface area contributed by atoms with E-state index in [2.05, 4.69) is 0 Å². The first-order valence-corrected chi connectivity index (χ1v) is 7.13. The van der Waals surface area contributed by atoms with Gasteiger partial charge in [0, 0.05) is 6.07 Å². The number of rotatable bonds is 4. The van der Waals surface area contributed by atoms with Crippen LogP contribution in [0.15, 0.2) is 64.0 Å². The quantitative estimate of drug-likeness (QED) is 0.682. The lowest BCUT2D eigenvalue weighted by atomic mass is 10.1. The lowest BCUT2D eigenvalue weighted by molar-refractivity contribution is 0.342. The van der Waals surface area contributed by atoms with Gasteiger partial charge in [0.2, 0.25) is 0 Å². The van der Waals surface area contributed by atoms with Crippen molar-refractivity contribution in [1.82, 2.24) is 0 Å². The third kappa shape index (κ3) is 2.78. The van der Waals surface area contributed by atoms with Crippen LogP contribution in [0.4, 0.5) is 0 Å². The van der Waals surface area contributed by atoms with Gasteiger partial charge in [-0.15, -0.1) is 11.6 Å². The van der Waals surface area contributed by atoms with E-state index in [9.17, 15) is 4.79 Å². The summed E-state index contributed by atoms with van der Waals surface area (Å²) in [6.45, 7) is 0.416. The SMILES string of the molecule is O=c1c(-c2ccccc2)coc2cc(OCCCl)ccc12. The van der Waals surface area contributed by atoms with Gasteiger partial charge >= 0.3 is 0 Å². The molecule has 0 unspecified atom stereocenters. The molecule has 0 saturated carbocycles. The molecule has 4 heteroatoms. The Morgan fingerprint density at radius 3 is 2.67 bits per heavy atom. The molecule has 3 rings (SSSR count). The van der Waals surface area contributed by atoms with E-state index in [0.717, 1.165) is 5.56 Å². The van der Waals surface area contributed by atoms with E-state index in [1.807, 2.05) is 30.3 Å². The van der Waals surface area contributed by atoms with Gasteiger partial charge in [0.15, 0.2) is 5.43 Å². The first kappa shape index (κ1) is 13.7. The number of benzene rings is 2. The topological polar surface area (TPSA) is 39.4 Å². The Morgan fingerprint density at radius 2 is 1.90 bits per heavy atom. The maximum atomic E-state index is 12.5. The Labute approximate surface area is 126 Å². The summed E-state index contributed by atoms with van der Waals surface area (Å²) in [7, 11) is 0. The molecule has 0 saturated heterocycles. The van der Waals surface area contributed by atoms with Gasteiger partial charge in [0.25, 0.3) is 0 Å². The number of hydrogen-bond donors (Lipinski definition) is 0. The maximum absolute atomic E-state index is 12.5. The van der Waals surface area contributed by atoms with Crippen LogP contribution in [0.1, 0.15) is 0 Å². The van der Waals surface area contributed by atoms with Crippen molar-refractivity contribution >= 4 is 22.6 Å². The molecule has 0 atom stereocenters. The fourth-order valence-electron chi connectivity index (χ4n) is 2.17. The summed E-state index contributed by atoms with van der Waals surface area (Å²) in [4.78, 5) is 12.5. The minimum atomic E-state index is -0.0497. The van der Waals surface area contributed by atoms with Crippen molar-refractivity contribution in [3.8, 4) is 16.9 Å². The van der Waals surface area contributed by atoms with Crippen molar-refractivity contribution in [2.24, 2.45) is 0 Å². The van der Waals surface area contributed by atoms with E-state index in [1.165, 1.54) is 6.26 Å². The smallest absolute Gasteiger partial charge is 0.200 e. The molecule has 0 radical (unpaired) electrons. The summed E-state index contributed by atoms with van der Waals surface area (Å²) in [6, 6.07) is 14.6. The predicted molar refractivity (Wildman–Crippen MR) is 84.1 cm³/mol. The predicted octanol–water partition coefficient (Wildman–Crippen LogP) is 4.08. The molecular weight excluding hydrogens is 288 g/mol. The molecule has 0 aliphatic carbocycles. The standard InChI is InChI=1S/C17H13ClO3/c18-8-9-20-13-6-7-14-16(10-13)21-11-15(17(14)19)12-4-2-1-3-5-12/h1-7,10-11H,8-9H2. The highest BCUT2D eigenvalue weighted by Crippen LogP contribution is 2.22. The summed E-state index contributed by atoms with van der Waals surface area (Å²) in [5.41, 5.74) is 1.85. The third-order valence-electron chi connectivity index (χ3n) is 3.18. The van der Waals surface area contributed by atoms with Crippen molar-refractivity contribution in [2.45, 2.75) is 0 Å². The largest absolute Gasteiger partial charge is 0.492 e. The van der Waals surface area contributed by atoms with Crippen molar-refractivity contribution in [1.29, 1.82) is 0 Å². The zero-order valence-corrected chi connectivity index (χ0v) is 12.0. The number of ether oxygens (including phenoxy) is 1. The highest BCUT2D eigenvalue weighted by Gasteiger charge is 2.09. The molecule has 0 aliphatic heterocycles. The van der Waals surface area contributed by atoms with Crippen molar-refractivity contribution in [3.05, 3.63) is 65.0 Å². The van der Waals surface area contributed by atoms with Crippen LogP contribution in [0.25, 0.3) is 22.1 Å². The van der Waals surface area contributed by atoms with E-state index < -0.39 is 0 Å². The first-order chi connectivity index (χ1) is 10.3. The number of fused-ring (bicyclic) bond motifs is 1. The van der Waals surface area contributed by atoms with Crippen LogP contribution in [0.3, 0.4) is 0 Å². The summed E-state index contributed by atoms with van der Waals surface area (Å²) >= 11 is 5.59. The van der Waals surface area contributed by atoms with Gasteiger partial charge in [-0.25, -0.2) is 0 Å². The molecule has 0 aliphatic rings. The Bertz CT molecular complexity index is 809. The van der Waals surface area contributed by atoms with Crippen LogP contribution in [0.5, 0.6) is 5.75 Å². The van der Waals surface area contributed by atoms with Gasteiger partial charge < -0.3 is 9.15 Å². The first-order valence-electron chi connectivity index (χ1n) is 6.59. The summed E-state index contributed by atoms with van der Waals surface area (Å²) in [5.74, 6) is 1.05. The molecule has 0 bridgehead atoms. The summed E-state index contributed by atoms with van der Waals surface area (Å²) < 4.78 is 11.0. The Morgan fingerprint density at radius 1 is 1.10 bits per heavy atom. The summed E-state index contributed by atoms with van der Waals surface area (Å²) in [6.07, 6.45) is 1.49. The Balaban J connectivity index is 2.08. The Kier molecular flexibility index (Phi) is 3.93. The average Bonchev–Trinajstić information content (AvgIpc) is 2.54. The van der Waals surface area contributed by atoms with Crippen LogP contribution >= 0.6 is 11.6 Å². The summed E-state index contributed by atoms with van der Waals surface area (Å²) in [5, 5.41) is 0.537. The average molecular weight is 301 g/mol. The molecule has 106 valence electrons. The van der Waals surface area contributed by atoms with E-state index in [4.69, 9.17) is 20.8 Å². The second-order valence-electron chi connectivity index (χ2n) is 4.54. The lowest BCUT2D eigenvalue weighted by Crippen LogP contribution is -2.05. The molecular formula is C17H13ClO3. The monoisotopic (exact) mass is 300 g/mol. The number of hydrogen-bond acceptors (Lipinski definition) is 3. The third-order valence-corrected chi connectivity index (χ3v) is 3.33. The fourth-order valence-corrected chi connectivity index (χ4v) is 2.25. The van der Waals surface area contributed by atoms with E-state index >= 15 is 0 Å². The normalized spacial score (nSPS) is 10.7. The molecule has 0 amide bonds. The van der Waals surface area contributed by atoms with E-state index in [0.29, 0.717) is 34.8 Å². The molecule has 0 fully saturated rings. The second kappa shape index (κ2) is 6.02. The van der Waals surface area contributed by atoms with Crippen LogP contribution in [0.2, 0.25) is 0 Å². The molecule has 1 aromatic heterocycles. The molecule has 0 N–H and O–H groups in total. The van der Waals surface area contributed by atoms with E-state index in [1.54, 1.807) is 18.2 Å². The number of alkyl halides is 1. The van der Waals surface area contributed by atoms with Crippen LogP contribution < -0.4 is 10.2 Å². The van der Waals surface area contributed by atoms with Crippen LogP contribution in [-0.4, -0.2) is 12.5 Å². The Hall–Kier alpha value is -2.26. The zero-order valence-electron chi connectivity index (χ0n) is 11.2. The van der Waals surface area contributed by atoms with Gasteiger partial charge in [0.1, 0.15) is 24.2 Å². The molecule has 3 aromatic rings. The zero-order chi connectivity index (χ0) is 14.7. The van der Waals surface area contributed by atoms with Crippen molar-refractivity contribution in [2.75, 3.05) is 12.5 Å². The van der Waals surface area contributed by atoms with Crippen LogP contribution in [0, 0.1) is 0 Å². The molecule has 21 heavy (non-hydrogen) atoms. The molecule has 3 nitrogen and oxygen atoms in total. The fraction of sp³-hybridized carbons (Fsp3) is 0.118. The maximum Gasteiger partial charge on any atom is 0.200 e. The van der Waals surface area contributed by atoms with Gasteiger partial charge in [-0.1, -0.05) is 30.3 Å². The molecule has 0 spiro atoms. The van der Waals surface area contributed by atoms with Crippen molar-refractivity contribution in [3.63, 3.8) is 0 Å². The van der Waals surface area contributed by atoms with Gasteiger partial charge in [-0.3, -0.25) is 4.79 Å². The molecule has 2 aromatic carbocycles. The van der Waals surface area contributed by atoms with Gasteiger partial charge in [-0.2, -0.15) is 0 Å².